The highest BCUT2D eigenvalue weighted by molar-refractivity contribution is 9.10. The van der Waals surface area contributed by atoms with Crippen LogP contribution in [0, 0.1) is 11.8 Å². The van der Waals surface area contributed by atoms with E-state index in [4.69, 9.17) is 11.6 Å². The largest absolute Gasteiger partial charge is 0.306 e. The molecule has 2 unspecified atom stereocenters. The second-order valence-electron chi connectivity index (χ2n) is 5.53. The van der Waals surface area contributed by atoms with E-state index in [1.807, 2.05) is 6.07 Å². The molecule has 104 valence electrons. The molecule has 1 aliphatic rings. The molecule has 19 heavy (non-hydrogen) atoms. The fraction of sp³-hybridized carbons (Fsp3) is 0.533. The maximum Gasteiger partial charge on any atom is 0.165 e. The number of benzene rings is 1. The molecule has 1 fully saturated rings. The van der Waals surface area contributed by atoms with E-state index in [0.29, 0.717) is 17.0 Å². The van der Waals surface area contributed by atoms with Crippen LogP contribution in [-0.2, 0) is 0 Å². The Balaban J connectivity index is 1.83. The number of Topliss-reactive ketones (excluding diaryl/α,β-unsaturated/α-hetero) is 1. The normalized spacial score (nSPS) is 21.7. The van der Waals surface area contributed by atoms with Crippen LogP contribution in [-0.4, -0.2) is 30.8 Å². The van der Waals surface area contributed by atoms with Crippen LogP contribution in [0.2, 0.25) is 5.02 Å². The van der Waals surface area contributed by atoms with E-state index in [9.17, 15) is 4.79 Å². The number of hydrogen-bond acceptors (Lipinski definition) is 2. The Morgan fingerprint density at radius 3 is 2.79 bits per heavy atom. The van der Waals surface area contributed by atoms with Gasteiger partial charge >= 0.3 is 0 Å². The molecule has 1 aliphatic carbocycles. The van der Waals surface area contributed by atoms with Crippen LogP contribution in [0.1, 0.15) is 30.1 Å². The molecule has 2 atom stereocenters. The minimum atomic E-state index is 0.119. The van der Waals surface area contributed by atoms with Crippen LogP contribution in [0.4, 0.5) is 0 Å². The van der Waals surface area contributed by atoms with Crippen molar-refractivity contribution in [2.75, 3.05) is 20.1 Å². The molecule has 0 heterocycles. The molecule has 0 bridgehead atoms. The lowest BCUT2D eigenvalue weighted by Crippen LogP contribution is -2.24. The van der Waals surface area contributed by atoms with Gasteiger partial charge in [-0.1, -0.05) is 34.5 Å². The molecule has 1 saturated carbocycles. The van der Waals surface area contributed by atoms with E-state index in [1.165, 1.54) is 6.42 Å². The van der Waals surface area contributed by atoms with E-state index in [1.54, 1.807) is 12.1 Å². The molecular weight excluding hydrogens is 326 g/mol. The predicted molar refractivity (Wildman–Crippen MR) is 82.9 cm³/mol. The van der Waals surface area contributed by atoms with Crippen molar-refractivity contribution >= 4 is 33.3 Å². The van der Waals surface area contributed by atoms with Crippen molar-refractivity contribution in [3.63, 3.8) is 0 Å². The molecule has 4 heteroatoms. The Morgan fingerprint density at radius 2 is 2.21 bits per heavy atom. The summed E-state index contributed by atoms with van der Waals surface area (Å²) in [6, 6.07) is 5.41. The average Bonchev–Trinajstić information content (AvgIpc) is 3.01. The summed E-state index contributed by atoms with van der Waals surface area (Å²) >= 11 is 9.43. The summed E-state index contributed by atoms with van der Waals surface area (Å²) in [5.74, 6) is 1.81. The number of carbonyl (C=O) groups excluding carboxylic acids is 1. The van der Waals surface area contributed by atoms with Gasteiger partial charge in [0, 0.05) is 29.5 Å². The van der Waals surface area contributed by atoms with E-state index >= 15 is 0 Å². The van der Waals surface area contributed by atoms with Gasteiger partial charge < -0.3 is 4.90 Å². The van der Waals surface area contributed by atoms with Crippen LogP contribution >= 0.6 is 27.5 Å². The lowest BCUT2D eigenvalue weighted by molar-refractivity contribution is 0.0968. The Bertz CT molecular complexity index is 477. The smallest absolute Gasteiger partial charge is 0.165 e. The van der Waals surface area contributed by atoms with Crippen molar-refractivity contribution in [1.29, 1.82) is 0 Å². The first kappa shape index (κ1) is 15.0. The minimum absolute atomic E-state index is 0.119. The van der Waals surface area contributed by atoms with Crippen LogP contribution in [0.15, 0.2) is 22.7 Å². The van der Waals surface area contributed by atoms with E-state index in [0.717, 1.165) is 29.4 Å². The summed E-state index contributed by atoms with van der Waals surface area (Å²) in [6.45, 7) is 4.18. The third-order valence-corrected chi connectivity index (χ3v) is 4.58. The zero-order chi connectivity index (χ0) is 14.0. The van der Waals surface area contributed by atoms with Crippen LogP contribution in [0.3, 0.4) is 0 Å². The van der Waals surface area contributed by atoms with Crippen molar-refractivity contribution in [1.82, 2.24) is 4.90 Å². The molecule has 2 rings (SSSR count). The molecule has 0 saturated heterocycles. The lowest BCUT2D eigenvalue weighted by Gasteiger charge is -2.16. The van der Waals surface area contributed by atoms with Gasteiger partial charge in [-0.2, -0.15) is 0 Å². The summed E-state index contributed by atoms with van der Waals surface area (Å²) in [6.07, 6.45) is 1.86. The highest BCUT2D eigenvalue weighted by Crippen LogP contribution is 2.37. The average molecular weight is 345 g/mol. The maximum absolute atomic E-state index is 12.1. The lowest BCUT2D eigenvalue weighted by atomic mass is 10.1. The Hall–Kier alpha value is -0.380. The van der Waals surface area contributed by atoms with Crippen LogP contribution < -0.4 is 0 Å². The molecular formula is C15H19BrClNO. The van der Waals surface area contributed by atoms with Gasteiger partial charge in [-0.3, -0.25) is 4.79 Å². The van der Waals surface area contributed by atoms with Crippen molar-refractivity contribution in [2.45, 2.75) is 19.8 Å². The Kier molecular flexibility index (Phi) is 5.04. The number of hydrogen-bond donors (Lipinski definition) is 0. The summed E-state index contributed by atoms with van der Waals surface area (Å²) in [5, 5.41) is 0.526. The first-order chi connectivity index (χ1) is 8.97. The van der Waals surface area contributed by atoms with Crippen LogP contribution in [0.25, 0.3) is 0 Å². The summed E-state index contributed by atoms with van der Waals surface area (Å²) < 4.78 is 0.897. The van der Waals surface area contributed by atoms with Crippen molar-refractivity contribution < 1.29 is 4.79 Å². The van der Waals surface area contributed by atoms with Gasteiger partial charge in [-0.05, 0) is 43.5 Å². The number of carbonyl (C=O) groups is 1. The maximum atomic E-state index is 12.1. The van der Waals surface area contributed by atoms with Crippen molar-refractivity contribution in [3.8, 4) is 0 Å². The van der Waals surface area contributed by atoms with Gasteiger partial charge in [-0.15, -0.1) is 0 Å². The predicted octanol–water partition coefficient (Wildman–Crippen LogP) is 4.26. The molecule has 0 radical (unpaired) electrons. The van der Waals surface area contributed by atoms with Gasteiger partial charge in [0.15, 0.2) is 5.78 Å². The molecule has 0 spiro atoms. The van der Waals surface area contributed by atoms with Gasteiger partial charge in [0.2, 0.25) is 0 Å². The first-order valence-corrected chi connectivity index (χ1v) is 7.81. The molecule has 1 aromatic carbocycles. The number of ketones is 1. The third kappa shape index (κ3) is 4.30. The molecule has 1 aromatic rings. The van der Waals surface area contributed by atoms with Gasteiger partial charge in [0.25, 0.3) is 0 Å². The van der Waals surface area contributed by atoms with Gasteiger partial charge in [-0.25, -0.2) is 0 Å². The molecule has 0 aliphatic heterocycles. The SMILES string of the molecule is CC1CC1CN(C)CCC(=O)c1ccc(Br)cc1Cl. The monoisotopic (exact) mass is 343 g/mol. The fourth-order valence-corrected chi connectivity index (χ4v) is 3.07. The number of nitrogens with zero attached hydrogens (tertiary/aromatic N) is 1. The van der Waals surface area contributed by atoms with E-state index < -0.39 is 0 Å². The quantitative estimate of drug-likeness (QED) is 0.719. The Morgan fingerprint density at radius 1 is 1.53 bits per heavy atom. The molecule has 0 aromatic heterocycles. The number of rotatable bonds is 6. The standard InChI is InChI=1S/C15H19BrClNO/c1-10-7-11(10)9-18(2)6-5-15(19)13-4-3-12(16)8-14(13)17/h3-4,8,10-11H,5-7,9H2,1-2H3. The topological polar surface area (TPSA) is 20.3 Å². The van der Waals surface area contributed by atoms with Crippen molar-refractivity contribution in [2.24, 2.45) is 11.8 Å². The second-order valence-corrected chi connectivity index (χ2v) is 6.86. The summed E-state index contributed by atoms with van der Waals surface area (Å²) in [7, 11) is 2.08. The van der Waals surface area contributed by atoms with E-state index in [2.05, 4.69) is 34.8 Å². The molecule has 0 amide bonds. The van der Waals surface area contributed by atoms with Gasteiger partial charge in [0.1, 0.15) is 0 Å². The highest BCUT2D eigenvalue weighted by Gasteiger charge is 2.33. The first-order valence-electron chi connectivity index (χ1n) is 6.64. The van der Waals surface area contributed by atoms with E-state index in [-0.39, 0.29) is 5.78 Å². The molecule has 2 nitrogen and oxygen atoms in total. The second kappa shape index (κ2) is 6.38. The molecule has 0 N–H and O–H groups in total. The highest BCUT2D eigenvalue weighted by atomic mass is 79.9. The number of halogens is 2. The summed E-state index contributed by atoms with van der Waals surface area (Å²) in [5.41, 5.74) is 0.623. The zero-order valence-electron chi connectivity index (χ0n) is 11.3. The summed E-state index contributed by atoms with van der Waals surface area (Å²) in [4.78, 5) is 14.4. The third-order valence-electron chi connectivity index (χ3n) is 3.77. The van der Waals surface area contributed by atoms with Crippen LogP contribution in [0.5, 0.6) is 0 Å². The Labute approximate surface area is 128 Å². The minimum Gasteiger partial charge on any atom is -0.306 e. The van der Waals surface area contributed by atoms with Crippen molar-refractivity contribution in [3.05, 3.63) is 33.3 Å². The van der Waals surface area contributed by atoms with Gasteiger partial charge in [0.05, 0.1) is 5.02 Å². The zero-order valence-corrected chi connectivity index (χ0v) is 13.7. The fourth-order valence-electron chi connectivity index (χ4n) is 2.29.